The van der Waals surface area contributed by atoms with Crippen molar-refractivity contribution in [1.29, 1.82) is 5.26 Å². The van der Waals surface area contributed by atoms with Gasteiger partial charge < -0.3 is 4.74 Å². The van der Waals surface area contributed by atoms with Crippen LogP contribution >= 0.6 is 0 Å². The Bertz CT molecular complexity index is 558. The summed E-state index contributed by atoms with van der Waals surface area (Å²) < 4.78 is 6.69. The molecule has 1 heterocycles. The third kappa shape index (κ3) is 2.70. The van der Waals surface area contributed by atoms with E-state index in [1.165, 1.54) is 0 Å². The van der Waals surface area contributed by atoms with Crippen LogP contribution in [0.3, 0.4) is 0 Å². The molecule has 2 rings (SSSR count). The molecule has 6 nitrogen and oxygen atoms in total. The number of tetrazole rings is 1. The number of hydrogen-bond acceptors (Lipinski definition) is 5. The summed E-state index contributed by atoms with van der Waals surface area (Å²) in [5.74, 6) is 0.754. The van der Waals surface area contributed by atoms with Gasteiger partial charge in [-0.3, -0.25) is 0 Å². The molecule has 0 N–H and O–H groups in total. The molecule has 0 aliphatic carbocycles. The molecule has 0 atom stereocenters. The lowest BCUT2D eigenvalue weighted by atomic mass is 10.1. The Morgan fingerprint density at radius 2 is 2.22 bits per heavy atom. The molecular weight excluding hydrogens is 230 g/mol. The number of nitriles is 1. The molecule has 2 aromatic rings. The number of rotatable bonds is 5. The minimum atomic E-state index is 0.496. The summed E-state index contributed by atoms with van der Waals surface area (Å²) in [5.41, 5.74) is 1.55. The van der Waals surface area contributed by atoms with Gasteiger partial charge in [0, 0.05) is 13.5 Å². The fourth-order valence-electron chi connectivity index (χ4n) is 1.65. The van der Waals surface area contributed by atoms with Crippen LogP contribution in [0.15, 0.2) is 24.3 Å². The van der Waals surface area contributed by atoms with Gasteiger partial charge in [-0.2, -0.15) is 5.26 Å². The van der Waals surface area contributed by atoms with Crippen LogP contribution in [0.1, 0.15) is 17.0 Å². The standard InChI is InChI=1S/C12H13N5O/c1-18-7-6-12-14-15-16-17(12)9-11-5-3-2-4-10(11)8-13/h2-5H,6-7,9H2,1H3. The van der Waals surface area contributed by atoms with E-state index in [2.05, 4.69) is 21.6 Å². The highest BCUT2D eigenvalue weighted by Gasteiger charge is 2.08. The number of methoxy groups -OCH3 is 1. The fraction of sp³-hybridized carbons (Fsp3) is 0.333. The van der Waals surface area contributed by atoms with E-state index in [0.717, 1.165) is 11.4 Å². The lowest BCUT2D eigenvalue weighted by Crippen LogP contribution is -2.10. The molecule has 1 aromatic carbocycles. The molecule has 0 unspecified atom stereocenters. The quantitative estimate of drug-likeness (QED) is 0.775. The second kappa shape index (κ2) is 5.89. The smallest absolute Gasteiger partial charge is 0.153 e. The summed E-state index contributed by atoms with van der Waals surface area (Å²) in [6, 6.07) is 9.59. The number of benzene rings is 1. The van der Waals surface area contributed by atoms with Crippen LogP contribution in [-0.2, 0) is 17.7 Å². The van der Waals surface area contributed by atoms with Crippen molar-refractivity contribution in [3.8, 4) is 6.07 Å². The van der Waals surface area contributed by atoms with Crippen molar-refractivity contribution in [2.45, 2.75) is 13.0 Å². The Hall–Kier alpha value is -2.26. The van der Waals surface area contributed by atoms with E-state index >= 15 is 0 Å². The molecular formula is C12H13N5O. The number of aromatic nitrogens is 4. The summed E-state index contributed by atoms with van der Waals surface area (Å²) in [4.78, 5) is 0. The van der Waals surface area contributed by atoms with Gasteiger partial charge in [0.1, 0.15) is 0 Å². The highest BCUT2D eigenvalue weighted by molar-refractivity contribution is 5.37. The van der Waals surface area contributed by atoms with Gasteiger partial charge in [-0.05, 0) is 22.1 Å². The average molecular weight is 243 g/mol. The van der Waals surface area contributed by atoms with Crippen molar-refractivity contribution in [3.05, 3.63) is 41.2 Å². The number of hydrogen-bond donors (Lipinski definition) is 0. The minimum Gasteiger partial charge on any atom is -0.384 e. The van der Waals surface area contributed by atoms with Gasteiger partial charge >= 0.3 is 0 Å². The summed E-state index contributed by atoms with van der Waals surface area (Å²) in [6.07, 6.45) is 0.651. The first-order chi connectivity index (χ1) is 8.85. The van der Waals surface area contributed by atoms with Gasteiger partial charge in [0.2, 0.25) is 0 Å². The first-order valence-corrected chi connectivity index (χ1v) is 5.57. The Labute approximate surface area is 105 Å². The van der Waals surface area contributed by atoms with E-state index in [-0.39, 0.29) is 0 Å². The molecule has 0 saturated carbocycles. The van der Waals surface area contributed by atoms with Crippen molar-refractivity contribution in [2.24, 2.45) is 0 Å². The maximum absolute atomic E-state index is 9.03. The van der Waals surface area contributed by atoms with E-state index < -0.39 is 0 Å². The SMILES string of the molecule is COCCc1nnnn1Cc1ccccc1C#N. The van der Waals surface area contributed by atoms with Crippen LogP contribution in [0.2, 0.25) is 0 Å². The molecule has 1 aromatic heterocycles. The molecule has 18 heavy (non-hydrogen) atoms. The van der Waals surface area contributed by atoms with Crippen molar-refractivity contribution in [1.82, 2.24) is 20.2 Å². The van der Waals surface area contributed by atoms with E-state index in [4.69, 9.17) is 10.00 Å². The molecule has 0 fully saturated rings. The highest BCUT2D eigenvalue weighted by Crippen LogP contribution is 2.09. The van der Waals surface area contributed by atoms with Crippen LogP contribution in [-0.4, -0.2) is 33.9 Å². The van der Waals surface area contributed by atoms with E-state index in [0.29, 0.717) is 25.1 Å². The van der Waals surface area contributed by atoms with E-state index in [9.17, 15) is 0 Å². The molecule has 0 aliphatic heterocycles. The summed E-state index contributed by atoms with van der Waals surface area (Å²) in [7, 11) is 1.64. The first kappa shape index (κ1) is 12.2. The monoisotopic (exact) mass is 243 g/mol. The zero-order valence-electron chi connectivity index (χ0n) is 10.1. The third-order valence-corrected chi connectivity index (χ3v) is 2.59. The summed E-state index contributed by atoms with van der Waals surface area (Å²) in [5, 5.41) is 20.6. The molecule has 0 bridgehead atoms. The lowest BCUT2D eigenvalue weighted by molar-refractivity contribution is 0.199. The Morgan fingerprint density at radius 1 is 1.39 bits per heavy atom. The predicted molar refractivity (Wildman–Crippen MR) is 63.7 cm³/mol. The lowest BCUT2D eigenvalue weighted by Gasteiger charge is -2.05. The summed E-state index contributed by atoms with van der Waals surface area (Å²) in [6.45, 7) is 1.07. The second-order valence-electron chi connectivity index (χ2n) is 3.76. The predicted octanol–water partition coefficient (Wildman–Crippen LogP) is 0.782. The molecule has 0 saturated heterocycles. The van der Waals surface area contributed by atoms with Gasteiger partial charge in [0.05, 0.1) is 24.8 Å². The topological polar surface area (TPSA) is 76.6 Å². The van der Waals surface area contributed by atoms with Crippen LogP contribution in [0, 0.1) is 11.3 Å². The van der Waals surface area contributed by atoms with Gasteiger partial charge in [-0.1, -0.05) is 18.2 Å². The van der Waals surface area contributed by atoms with Gasteiger partial charge in [-0.25, -0.2) is 4.68 Å². The summed E-state index contributed by atoms with van der Waals surface area (Å²) >= 11 is 0. The zero-order chi connectivity index (χ0) is 12.8. The van der Waals surface area contributed by atoms with Gasteiger partial charge in [-0.15, -0.1) is 5.10 Å². The minimum absolute atomic E-state index is 0.496. The van der Waals surface area contributed by atoms with Gasteiger partial charge in [0.25, 0.3) is 0 Å². The molecule has 6 heteroatoms. The Morgan fingerprint density at radius 3 is 3.00 bits per heavy atom. The fourth-order valence-corrected chi connectivity index (χ4v) is 1.65. The maximum atomic E-state index is 9.03. The molecule has 0 amide bonds. The van der Waals surface area contributed by atoms with Crippen LogP contribution in [0.25, 0.3) is 0 Å². The van der Waals surface area contributed by atoms with Crippen LogP contribution < -0.4 is 0 Å². The Balaban J connectivity index is 2.19. The van der Waals surface area contributed by atoms with Crippen molar-refractivity contribution >= 4 is 0 Å². The second-order valence-corrected chi connectivity index (χ2v) is 3.76. The third-order valence-electron chi connectivity index (χ3n) is 2.59. The largest absolute Gasteiger partial charge is 0.384 e. The van der Waals surface area contributed by atoms with Crippen molar-refractivity contribution < 1.29 is 4.74 Å². The Kier molecular flexibility index (Phi) is 3.99. The highest BCUT2D eigenvalue weighted by atomic mass is 16.5. The number of nitrogens with zero attached hydrogens (tertiary/aromatic N) is 5. The average Bonchev–Trinajstić information content (AvgIpc) is 2.84. The van der Waals surface area contributed by atoms with Gasteiger partial charge in [0.15, 0.2) is 5.82 Å². The van der Waals surface area contributed by atoms with E-state index in [1.807, 2.05) is 18.2 Å². The van der Waals surface area contributed by atoms with E-state index in [1.54, 1.807) is 17.9 Å². The zero-order valence-corrected chi connectivity index (χ0v) is 10.1. The molecule has 0 radical (unpaired) electrons. The normalized spacial score (nSPS) is 10.2. The van der Waals surface area contributed by atoms with Crippen molar-refractivity contribution in [2.75, 3.05) is 13.7 Å². The van der Waals surface area contributed by atoms with Crippen molar-refractivity contribution in [3.63, 3.8) is 0 Å². The van der Waals surface area contributed by atoms with Crippen LogP contribution in [0.5, 0.6) is 0 Å². The molecule has 0 aliphatic rings. The molecule has 92 valence electrons. The maximum Gasteiger partial charge on any atom is 0.153 e. The van der Waals surface area contributed by atoms with Crippen LogP contribution in [0.4, 0.5) is 0 Å². The first-order valence-electron chi connectivity index (χ1n) is 5.57. The molecule has 0 spiro atoms. The number of ether oxygens (including phenoxy) is 1.